The number of hydrogen-bond acceptors (Lipinski definition) is 6. The van der Waals surface area contributed by atoms with Crippen molar-refractivity contribution >= 4 is 28.3 Å². The number of rotatable bonds is 5. The fraction of sp³-hybridized carbons (Fsp3) is 0.500. The number of methoxy groups -OCH3 is 1. The van der Waals surface area contributed by atoms with Gasteiger partial charge in [-0.2, -0.15) is 4.37 Å². The minimum absolute atomic E-state index is 0.0485. The van der Waals surface area contributed by atoms with Crippen LogP contribution in [0.2, 0.25) is 0 Å². The number of ether oxygens (including phenoxy) is 1. The SMILES string of the molecule is COc1c(N)nsc1NCCNC(C)=O. The molecule has 0 saturated heterocycles. The number of hydrogen-bond donors (Lipinski definition) is 3. The Balaban J connectivity index is 2.40. The topological polar surface area (TPSA) is 89.3 Å². The van der Waals surface area contributed by atoms with Gasteiger partial charge in [0.2, 0.25) is 5.91 Å². The maximum Gasteiger partial charge on any atom is 0.216 e. The van der Waals surface area contributed by atoms with Crippen molar-refractivity contribution in [3.63, 3.8) is 0 Å². The van der Waals surface area contributed by atoms with E-state index < -0.39 is 0 Å². The highest BCUT2D eigenvalue weighted by molar-refractivity contribution is 7.11. The van der Waals surface area contributed by atoms with Crippen LogP contribution in [0.25, 0.3) is 0 Å². The number of carbonyl (C=O) groups excluding carboxylic acids is 1. The first kappa shape index (κ1) is 11.6. The number of nitrogen functional groups attached to an aromatic ring is 1. The number of nitrogens with two attached hydrogens (primary N) is 1. The van der Waals surface area contributed by atoms with E-state index in [1.807, 2.05) is 0 Å². The summed E-state index contributed by atoms with van der Waals surface area (Å²) in [5.74, 6) is 0.889. The third-order valence-electron chi connectivity index (χ3n) is 1.66. The molecule has 0 radical (unpaired) electrons. The van der Waals surface area contributed by atoms with Crippen LogP contribution in [0.3, 0.4) is 0 Å². The predicted octanol–water partition coefficient (Wildman–Crippen LogP) is 0.282. The zero-order valence-electron chi connectivity index (χ0n) is 8.66. The number of nitrogens with one attached hydrogen (secondary N) is 2. The highest BCUT2D eigenvalue weighted by Gasteiger charge is 2.10. The number of aromatic nitrogens is 1. The van der Waals surface area contributed by atoms with Gasteiger partial charge in [0.1, 0.15) is 0 Å². The average Bonchev–Trinajstić information content (AvgIpc) is 2.53. The fourth-order valence-electron chi connectivity index (χ4n) is 1.02. The summed E-state index contributed by atoms with van der Waals surface area (Å²) in [7, 11) is 1.54. The Morgan fingerprint density at radius 3 is 2.93 bits per heavy atom. The Hall–Kier alpha value is -1.50. The van der Waals surface area contributed by atoms with E-state index in [0.717, 1.165) is 5.00 Å². The third kappa shape index (κ3) is 3.28. The normalized spacial score (nSPS) is 9.73. The van der Waals surface area contributed by atoms with Crippen LogP contribution in [0.15, 0.2) is 0 Å². The second-order valence-electron chi connectivity index (χ2n) is 2.84. The van der Waals surface area contributed by atoms with Crippen molar-refractivity contribution in [2.75, 3.05) is 31.2 Å². The molecule has 0 atom stereocenters. The summed E-state index contributed by atoms with van der Waals surface area (Å²) in [6, 6.07) is 0. The first-order valence-corrected chi connectivity index (χ1v) is 5.20. The van der Waals surface area contributed by atoms with Crippen LogP contribution in [0.5, 0.6) is 5.75 Å². The van der Waals surface area contributed by atoms with Crippen LogP contribution in [-0.4, -0.2) is 30.5 Å². The zero-order valence-corrected chi connectivity index (χ0v) is 9.48. The van der Waals surface area contributed by atoms with Crippen molar-refractivity contribution in [1.82, 2.24) is 9.69 Å². The highest BCUT2D eigenvalue weighted by atomic mass is 32.1. The Bertz CT molecular complexity index is 339. The van der Waals surface area contributed by atoms with E-state index in [-0.39, 0.29) is 5.91 Å². The molecular formula is C8H14N4O2S. The fourth-order valence-corrected chi connectivity index (χ4v) is 1.73. The minimum atomic E-state index is -0.0485. The lowest BCUT2D eigenvalue weighted by Crippen LogP contribution is -2.26. The molecule has 0 aliphatic heterocycles. The summed E-state index contributed by atoms with van der Waals surface area (Å²) in [6.07, 6.45) is 0. The van der Waals surface area contributed by atoms with E-state index in [9.17, 15) is 4.79 Å². The Morgan fingerprint density at radius 1 is 1.60 bits per heavy atom. The average molecular weight is 230 g/mol. The number of nitrogens with zero attached hydrogens (tertiary/aromatic N) is 1. The minimum Gasteiger partial charge on any atom is -0.490 e. The quantitative estimate of drug-likeness (QED) is 0.632. The zero-order chi connectivity index (χ0) is 11.3. The van der Waals surface area contributed by atoms with Gasteiger partial charge >= 0.3 is 0 Å². The van der Waals surface area contributed by atoms with Gasteiger partial charge in [-0.05, 0) is 11.5 Å². The van der Waals surface area contributed by atoms with Gasteiger partial charge in [0, 0.05) is 20.0 Å². The van der Waals surface area contributed by atoms with Gasteiger partial charge in [-0.1, -0.05) is 0 Å². The van der Waals surface area contributed by atoms with Crippen molar-refractivity contribution in [2.24, 2.45) is 0 Å². The van der Waals surface area contributed by atoms with Crippen molar-refractivity contribution in [1.29, 1.82) is 0 Å². The lowest BCUT2D eigenvalue weighted by molar-refractivity contribution is -0.118. The van der Waals surface area contributed by atoms with Gasteiger partial charge in [0.15, 0.2) is 16.6 Å². The number of amides is 1. The summed E-state index contributed by atoms with van der Waals surface area (Å²) >= 11 is 1.24. The van der Waals surface area contributed by atoms with Crippen LogP contribution in [0.1, 0.15) is 6.92 Å². The van der Waals surface area contributed by atoms with E-state index in [2.05, 4.69) is 15.0 Å². The van der Waals surface area contributed by atoms with Crippen molar-refractivity contribution in [3.8, 4) is 5.75 Å². The molecular weight excluding hydrogens is 216 g/mol. The second-order valence-corrected chi connectivity index (χ2v) is 3.61. The van der Waals surface area contributed by atoms with Crippen LogP contribution in [-0.2, 0) is 4.79 Å². The van der Waals surface area contributed by atoms with Gasteiger partial charge in [-0.25, -0.2) is 0 Å². The molecule has 1 heterocycles. The molecule has 7 heteroatoms. The summed E-state index contributed by atoms with van der Waals surface area (Å²) in [6.45, 7) is 2.64. The Labute approximate surface area is 92.0 Å². The van der Waals surface area contributed by atoms with Crippen molar-refractivity contribution < 1.29 is 9.53 Å². The van der Waals surface area contributed by atoms with E-state index in [4.69, 9.17) is 10.5 Å². The molecule has 0 unspecified atom stereocenters. The third-order valence-corrected chi connectivity index (χ3v) is 2.46. The molecule has 0 bridgehead atoms. The van der Waals surface area contributed by atoms with E-state index in [1.165, 1.54) is 18.5 Å². The van der Waals surface area contributed by atoms with Gasteiger partial charge in [0.25, 0.3) is 0 Å². The van der Waals surface area contributed by atoms with Crippen molar-refractivity contribution in [2.45, 2.75) is 6.92 Å². The molecule has 15 heavy (non-hydrogen) atoms. The molecule has 0 aliphatic carbocycles. The predicted molar refractivity (Wildman–Crippen MR) is 60.3 cm³/mol. The van der Waals surface area contributed by atoms with E-state index in [1.54, 1.807) is 7.11 Å². The van der Waals surface area contributed by atoms with Gasteiger partial charge in [-0.15, -0.1) is 0 Å². The lowest BCUT2D eigenvalue weighted by atomic mass is 10.5. The first-order chi connectivity index (χ1) is 7.15. The molecule has 0 aliphatic rings. The van der Waals surface area contributed by atoms with Crippen LogP contribution >= 0.6 is 11.5 Å². The molecule has 1 rings (SSSR count). The molecule has 0 spiro atoms. The molecule has 4 N–H and O–H groups in total. The maximum atomic E-state index is 10.6. The largest absolute Gasteiger partial charge is 0.490 e. The summed E-state index contributed by atoms with van der Waals surface area (Å²) in [5, 5.41) is 6.53. The number of carbonyl (C=O) groups is 1. The molecule has 1 aromatic heterocycles. The molecule has 6 nitrogen and oxygen atoms in total. The van der Waals surface area contributed by atoms with E-state index >= 15 is 0 Å². The monoisotopic (exact) mass is 230 g/mol. The molecule has 0 aromatic carbocycles. The highest BCUT2D eigenvalue weighted by Crippen LogP contribution is 2.34. The number of anilines is 2. The Kier molecular flexibility index (Phi) is 4.17. The van der Waals surface area contributed by atoms with Crippen LogP contribution in [0.4, 0.5) is 10.8 Å². The second kappa shape index (κ2) is 5.40. The van der Waals surface area contributed by atoms with E-state index in [0.29, 0.717) is 24.7 Å². The van der Waals surface area contributed by atoms with Crippen LogP contribution in [0, 0.1) is 0 Å². The molecule has 1 amide bonds. The molecule has 0 fully saturated rings. The molecule has 1 aromatic rings. The lowest BCUT2D eigenvalue weighted by Gasteiger charge is -2.06. The summed E-state index contributed by atoms with van der Waals surface area (Å²) in [4.78, 5) is 10.6. The first-order valence-electron chi connectivity index (χ1n) is 4.42. The smallest absolute Gasteiger partial charge is 0.216 e. The standard InChI is InChI=1S/C8H14N4O2S/c1-5(13)10-3-4-11-8-6(14-2)7(9)12-15-8/h11H,3-4H2,1-2H3,(H2,9,12)(H,10,13). The van der Waals surface area contributed by atoms with Gasteiger partial charge in [-0.3, -0.25) is 4.79 Å². The Morgan fingerprint density at radius 2 is 2.33 bits per heavy atom. The van der Waals surface area contributed by atoms with Gasteiger partial charge in [0.05, 0.1) is 7.11 Å². The van der Waals surface area contributed by atoms with Crippen molar-refractivity contribution in [3.05, 3.63) is 0 Å². The van der Waals surface area contributed by atoms with Crippen LogP contribution < -0.4 is 21.1 Å². The summed E-state index contributed by atoms with van der Waals surface area (Å²) in [5.41, 5.74) is 5.57. The summed E-state index contributed by atoms with van der Waals surface area (Å²) < 4.78 is 9.01. The molecule has 0 saturated carbocycles. The maximum absolute atomic E-state index is 10.6. The molecule has 84 valence electrons. The van der Waals surface area contributed by atoms with Gasteiger partial charge < -0.3 is 21.1 Å².